The molecule has 1 saturated heterocycles. The van der Waals surface area contributed by atoms with Gasteiger partial charge in [-0.3, -0.25) is 4.79 Å². The molecule has 2 aromatic carbocycles. The molecule has 3 aromatic rings. The highest BCUT2D eigenvalue weighted by Crippen LogP contribution is 2.32. The molecule has 0 bridgehead atoms. The minimum Gasteiger partial charge on any atom is -0.489 e. The van der Waals surface area contributed by atoms with E-state index in [0.717, 1.165) is 17.7 Å². The molecule has 4 rings (SSSR count). The van der Waals surface area contributed by atoms with Crippen LogP contribution in [0.25, 0.3) is 0 Å². The van der Waals surface area contributed by atoms with Gasteiger partial charge in [-0.05, 0) is 60.5 Å². The van der Waals surface area contributed by atoms with Gasteiger partial charge in [0.2, 0.25) is 0 Å². The first kappa shape index (κ1) is 29.9. The minimum atomic E-state index is -4.43. The topological polar surface area (TPSA) is 112 Å². The standard InChI is InChI=1S/C29H29F3N4O4S/c1-2-41(38,39)26-12-5-20(6-13-26)17-35-28(37)21-7-14-27(34-18-21)36-19-25(16-23(36)4-3-15-33)40-24-10-8-22(9-11-24)29(30,31)32/h5-14,18,23,25H,2-4,16-17,19H2,1H3,(H,35,37)/t23-,25?/m1/s1. The van der Waals surface area contributed by atoms with E-state index >= 15 is 0 Å². The van der Waals surface area contributed by atoms with Gasteiger partial charge < -0.3 is 15.0 Å². The smallest absolute Gasteiger partial charge is 0.416 e. The number of carbonyl (C=O) groups is 1. The van der Waals surface area contributed by atoms with Crippen LogP contribution in [0, 0.1) is 11.3 Å². The number of nitrogens with one attached hydrogen (secondary N) is 1. The minimum absolute atomic E-state index is 0.00933. The summed E-state index contributed by atoms with van der Waals surface area (Å²) in [5, 5.41) is 11.9. The van der Waals surface area contributed by atoms with Crippen molar-refractivity contribution in [3.05, 3.63) is 83.6 Å². The van der Waals surface area contributed by atoms with Gasteiger partial charge in [0, 0.05) is 31.6 Å². The van der Waals surface area contributed by atoms with Gasteiger partial charge in [-0.15, -0.1) is 0 Å². The highest BCUT2D eigenvalue weighted by Gasteiger charge is 2.35. The molecular weight excluding hydrogens is 557 g/mol. The maximum Gasteiger partial charge on any atom is 0.416 e. The molecule has 2 heterocycles. The molecule has 1 amide bonds. The van der Waals surface area contributed by atoms with Crippen LogP contribution in [0.3, 0.4) is 0 Å². The normalized spacial score (nSPS) is 17.2. The van der Waals surface area contributed by atoms with Crippen molar-refractivity contribution < 1.29 is 31.1 Å². The molecule has 2 atom stereocenters. The third-order valence-electron chi connectivity index (χ3n) is 6.87. The zero-order chi connectivity index (χ0) is 29.6. The number of anilines is 1. The van der Waals surface area contributed by atoms with Gasteiger partial charge in [0.25, 0.3) is 5.91 Å². The number of alkyl halides is 3. The molecule has 1 aliphatic heterocycles. The molecule has 0 radical (unpaired) electrons. The maximum atomic E-state index is 12.9. The monoisotopic (exact) mass is 586 g/mol. The summed E-state index contributed by atoms with van der Waals surface area (Å²) in [6, 6.07) is 16.3. The second kappa shape index (κ2) is 12.6. The predicted molar refractivity (Wildman–Crippen MR) is 146 cm³/mol. The molecule has 1 N–H and O–H groups in total. The molecule has 0 spiro atoms. The largest absolute Gasteiger partial charge is 0.489 e. The van der Waals surface area contributed by atoms with Crippen LogP contribution in [-0.2, 0) is 22.6 Å². The number of benzene rings is 2. The number of carbonyl (C=O) groups excluding carboxylic acids is 1. The molecule has 216 valence electrons. The maximum absolute atomic E-state index is 12.9. The Balaban J connectivity index is 1.38. The van der Waals surface area contributed by atoms with Crippen molar-refractivity contribution in [1.29, 1.82) is 5.26 Å². The average Bonchev–Trinajstić information content (AvgIpc) is 3.37. The summed E-state index contributed by atoms with van der Waals surface area (Å²) in [5.74, 6) is 0.580. The van der Waals surface area contributed by atoms with Gasteiger partial charge in [0.1, 0.15) is 17.7 Å². The lowest BCUT2D eigenvalue weighted by Gasteiger charge is -2.24. The van der Waals surface area contributed by atoms with Crippen molar-refractivity contribution in [2.45, 2.75) is 55.9 Å². The first-order valence-electron chi connectivity index (χ1n) is 13.0. The van der Waals surface area contributed by atoms with E-state index < -0.39 is 21.6 Å². The van der Waals surface area contributed by atoms with Crippen LogP contribution in [0.2, 0.25) is 0 Å². The fraction of sp³-hybridized carbons (Fsp3) is 0.345. The highest BCUT2D eigenvalue weighted by molar-refractivity contribution is 7.91. The van der Waals surface area contributed by atoms with Crippen molar-refractivity contribution in [2.24, 2.45) is 0 Å². The second-order valence-corrected chi connectivity index (χ2v) is 11.9. The number of nitrogens with zero attached hydrogens (tertiary/aromatic N) is 3. The van der Waals surface area contributed by atoms with E-state index in [-0.39, 0.29) is 35.2 Å². The quantitative estimate of drug-likeness (QED) is 0.350. The Hall–Kier alpha value is -4.11. The van der Waals surface area contributed by atoms with Crippen LogP contribution in [0.1, 0.15) is 47.7 Å². The molecule has 41 heavy (non-hydrogen) atoms. The number of ether oxygens (including phenoxy) is 1. The lowest BCUT2D eigenvalue weighted by Crippen LogP contribution is -2.31. The van der Waals surface area contributed by atoms with Crippen LogP contribution >= 0.6 is 0 Å². The third-order valence-corrected chi connectivity index (χ3v) is 8.62. The number of aromatic nitrogens is 1. The van der Waals surface area contributed by atoms with Crippen molar-refractivity contribution in [3.63, 3.8) is 0 Å². The van der Waals surface area contributed by atoms with Gasteiger partial charge in [0.05, 0.1) is 34.4 Å². The molecule has 8 nitrogen and oxygen atoms in total. The molecule has 0 saturated carbocycles. The lowest BCUT2D eigenvalue weighted by molar-refractivity contribution is -0.137. The highest BCUT2D eigenvalue weighted by atomic mass is 32.2. The molecular formula is C29H29F3N4O4S. The summed E-state index contributed by atoms with van der Waals surface area (Å²) >= 11 is 0. The Labute approximate surface area is 236 Å². The Morgan fingerprint density at radius 3 is 2.41 bits per heavy atom. The van der Waals surface area contributed by atoms with E-state index in [1.54, 1.807) is 31.2 Å². The van der Waals surface area contributed by atoms with Crippen LogP contribution in [0.5, 0.6) is 5.75 Å². The summed E-state index contributed by atoms with van der Waals surface area (Å²) in [4.78, 5) is 19.4. The zero-order valence-corrected chi connectivity index (χ0v) is 23.1. The molecule has 1 aromatic heterocycles. The lowest BCUT2D eigenvalue weighted by atomic mass is 10.1. The van der Waals surface area contributed by atoms with Crippen LogP contribution in [0.4, 0.5) is 19.0 Å². The molecule has 1 aliphatic rings. The summed E-state index contributed by atoms with van der Waals surface area (Å²) in [6.45, 7) is 2.20. The fourth-order valence-corrected chi connectivity index (χ4v) is 5.50. The van der Waals surface area contributed by atoms with Crippen LogP contribution in [-0.4, -0.2) is 43.8 Å². The Bertz CT molecular complexity index is 1490. The van der Waals surface area contributed by atoms with E-state index in [0.29, 0.717) is 42.9 Å². The summed E-state index contributed by atoms with van der Waals surface area (Å²) in [7, 11) is -3.30. The van der Waals surface area contributed by atoms with Crippen LogP contribution in [0.15, 0.2) is 71.8 Å². The van der Waals surface area contributed by atoms with E-state index in [1.165, 1.54) is 30.5 Å². The third kappa shape index (κ3) is 7.55. The Morgan fingerprint density at radius 2 is 1.83 bits per heavy atom. The summed E-state index contributed by atoms with van der Waals surface area (Å²) < 4.78 is 68.5. The van der Waals surface area contributed by atoms with Gasteiger partial charge in [0.15, 0.2) is 9.84 Å². The van der Waals surface area contributed by atoms with Crippen molar-refractivity contribution in [2.75, 3.05) is 17.2 Å². The molecule has 12 heteroatoms. The molecule has 1 unspecified atom stereocenters. The second-order valence-electron chi connectivity index (χ2n) is 9.64. The first-order valence-corrected chi connectivity index (χ1v) is 14.7. The van der Waals surface area contributed by atoms with Gasteiger partial charge in [-0.25, -0.2) is 13.4 Å². The van der Waals surface area contributed by atoms with E-state index in [2.05, 4.69) is 16.4 Å². The fourth-order valence-electron chi connectivity index (χ4n) is 4.62. The van der Waals surface area contributed by atoms with E-state index in [1.807, 2.05) is 4.90 Å². The van der Waals surface area contributed by atoms with Crippen molar-refractivity contribution in [3.8, 4) is 11.8 Å². The number of amides is 1. The van der Waals surface area contributed by atoms with E-state index in [9.17, 15) is 26.4 Å². The Kier molecular flexibility index (Phi) is 9.18. The number of hydrogen-bond acceptors (Lipinski definition) is 7. The number of rotatable bonds is 10. The van der Waals surface area contributed by atoms with Gasteiger partial charge >= 0.3 is 6.18 Å². The van der Waals surface area contributed by atoms with Crippen molar-refractivity contribution in [1.82, 2.24) is 10.3 Å². The predicted octanol–water partition coefficient (Wildman–Crippen LogP) is 5.15. The van der Waals surface area contributed by atoms with Crippen LogP contribution < -0.4 is 15.0 Å². The SMILES string of the molecule is CCS(=O)(=O)c1ccc(CNC(=O)c2ccc(N3CC(Oc4ccc(C(F)(F)F)cc4)C[C@H]3CCC#N)nc2)cc1. The molecule has 1 fully saturated rings. The molecule has 0 aliphatic carbocycles. The zero-order valence-electron chi connectivity index (χ0n) is 22.3. The summed E-state index contributed by atoms with van der Waals surface area (Å²) in [6.07, 6.45) is -1.85. The number of nitriles is 1. The van der Waals surface area contributed by atoms with Gasteiger partial charge in [-0.1, -0.05) is 19.1 Å². The number of hydrogen-bond donors (Lipinski definition) is 1. The Morgan fingerprint density at radius 1 is 1.12 bits per heavy atom. The summed E-state index contributed by atoms with van der Waals surface area (Å²) in [5.41, 5.74) is 0.331. The van der Waals surface area contributed by atoms with Crippen molar-refractivity contribution >= 4 is 21.6 Å². The number of sulfone groups is 1. The average molecular weight is 587 g/mol. The first-order chi connectivity index (χ1) is 19.5. The number of pyridine rings is 1. The van der Waals surface area contributed by atoms with E-state index in [4.69, 9.17) is 10.00 Å². The van der Waals surface area contributed by atoms with Gasteiger partial charge in [-0.2, -0.15) is 18.4 Å². The number of halogens is 3.